The van der Waals surface area contributed by atoms with E-state index in [4.69, 9.17) is 4.74 Å². The van der Waals surface area contributed by atoms with Crippen LogP contribution >= 0.6 is 0 Å². The predicted octanol–water partition coefficient (Wildman–Crippen LogP) is 2.46. The third-order valence-electron chi connectivity index (χ3n) is 4.99. The number of hydrogen-bond donors (Lipinski definition) is 0. The second kappa shape index (κ2) is 9.32. The number of nitrogens with zero attached hydrogens (tertiary/aromatic N) is 6. The van der Waals surface area contributed by atoms with Crippen molar-refractivity contribution in [1.82, 2.24) is 24.4 Å². The summed E-state index contributed by atoms with van der Waals surface area (Å²) in [6, 6.07) is 8.37. The molecule has 0 unspecified atom stereocenters. The minimum Gasteiger partial charge on any atom is -0.493 e. The molecule has 3 aromatic rings. The van der Waals surface area contributed by atoms with Crippen molar-refractivity contribution in [1.29, 1.82) is 0 Å². The number of benzene rings is 1. The molecule has 3 heterocycles. The summed E-state index contributed by atoms with van der Waals surface area (Å²) in [4.78, 5) is 17.4. The molecule has 28 heavy (non-hydrogen) atoms. The van der Waals surface area contributed by atoms with E-state index in [1.165, 1.54) is 5.56 Å². The Balaban J connectivity index is 1.27. The third kappa shape index (κ3) is 4.86. The third-order valence-corrected chi connectivity index (χ3v) is 4.99. The van der Waals surface area contributed by atoms with Crippen molar-refractivity contribution in [3.63, 3.8) is 0 Å². The second-order valence-electron chi connectivity index (χ2n) is 6.94. The lowest BCUT2D eigenvalue weighted by atomic mass is 10.1. The van der Waals surface area contributed by atoms with Crippen LogP contribution in [-0.4, -0.2) is 57.2 Å². The minimum atomic E-state index is 0.704. The monoisotopic (exact) mass is 378 g/mol. The normalized spacial score (nSPS) is 14.9. The molecule has 7 nitrogen and oxygen atoms in total. The van der Waals surface area contributed by atoms with Gasteiger partial charge in [0.2, 0.25) is 0 Å². The molecule has 0 amide bonds. The van der Waals surface area contributed by atoms with E-state index in [1.54, 1.807) is 18.6 Å². The molecule has 0 saturated carbocycles. The van der Waals surface area contributed by atoms with E-state index in [0.29, 0.717) is 6.61 Å². The Morgan fingerprint density at radius 1 is 0.964 bits per heavy atom. The van der Waals surface area contributed by atoms with E-state index in [0.717, 1.165) is 57.3 Å². The molecular weight excluding hydrogens is 352 g/mol. The van der Waals surface area contributed by atoms with Crippen LogP contribution in [-0.2, 0) is 13.1 Å². The zero-order valence-electron chi connectivity index (χ0n) is 16.0. The van der Waals surface area contributed by atoms with Gasteiger partial charge in [0.1, 0.15) is 11.6 Å². The van der Waals surface area contributed by atoms with Crippen LogP contribution in [0.25, 0.3) is 0 Å². The fourth-order valence-corrected chi connectivity index (χ4v) is 3.45. The summed E-state index contributed by atoms with van der Waals surface area (Å²) in [5.41, 5.74) is 1.25. The SMILES string of the molecule is c1ccc(OCCCn2ccnc2)c(CN2CCN(c3cnccn3)CC2)c1. The Morgan fingerprint density at radius 2 is 1.86 bits per heavy atom. The fraction of sp³-hybridized carbons (Fsp3) is 0.381. The van der Waals surface area contributed by atoms with Crippen LogP contribution in [0.3, 0.4) is 0 Å². The Labute approximate surface area is 165 Å². The number of rotatable bonds is 8. The van der Waals surface area contributed by atoms with Crippen molar-refractivity contribution in [2.75, 3.05) is 37.7 Å². The average molecular weight is 378 g/mol. The molecule has 1 aliphatic rings. The summed E-state index contributed by atoms with van der Waals surface area (Å²) < 4.78 is 8.15. The number of imidazole rings is 1. The molecule has 1 fully saturated rings. The Hall–Kier alpha value is -2.93. The zero-order chi connectivity index (χ0) is 19.0. The summed E-state index contributed by atoms with van der Waals surface area (Å²) in [7, 11) is 0. The predicted molar refractivity (Wildman–Crippen MR) is 108 cm³/mol. The number of hydrogen-bond acceptors (Lipinski definition) is 6. The average Bonchev–Trinajstić information content (AvgIpc) is 3.27. The molecule has 7 heteroatoms. The maximum absolute atomic E-state index is 6.08. The summed E-state index contributed by atoms with van der Waals surface area (Å²) in [5, 5.41) is 0. The first-order chi connectivity index (χ1) is 13.9. The van der Waals surface area contributed by atoms with Gasteiger partial charge in [-0.25, -0.2) is 9.97 Å². The van der Waals surface area contributed by atoms with Gasteiger partial charge in [0.05, 0.1) is 19.1 Å². The summed E-state index contributed by atoms with van der Waals surface area (Å²) in [5.74, 6) is 1.95. The highest BCUT2D eigenvalue weighted by molar-refractivity contribution is 5.36. The lowest BCUT2D eigenvalue weighted by Gasteiger charge is -2.35. The summed E-state index contributed by atoms with van der Waals surface area (Å²) >= 11 is 0. The van der Waals surface area contributed by atoms with Crippen molar-refractivity contribution in [2.45, 2.75) is 19.5 Å². The van der Waals surface area contributed by atoms with E-state index in [1.807, 2.05) is 24.8 Å². The number of anilines is 1. The van der Waals surface area contributed by atoms with E-state index in [2.05, 4.69) is 47.5 Å². The lowest BCUT2D eigenvalue weighted by Crippen LogP contribution is -2.46. The maximum atomic E-state index is 6.08. The molecule has 4 rings (SSSR count). The number of para-hydroxylation sites is 1. The highest BCUT2D eigenvalue weighted by Crippen LogP contribution is 2.21. The van der Waals surface area contributed by atoms with Crippen LogP contribution in [0.4, 0.5) is 5.82 Å². The van der Waals surface area contributed by atoms with Crippen molar-refractivity contribution in [3.05, 3.63) is 67.1 Å². The quantitative estimate of drug-likeness (QED) is 0.561. The lowest BCUT2D eigenvalue weighted by molar-refractivity contribution is 0.240. The molecule has 1 aliphatic heterocycles. The smallest absolute Gasteiger partial charge is 0.147 e. The van der Waals surface area contributed by atoms with Gasteiger partial charge in [-0.3, -0.25) is 9.88 Å². The first kappa shape index (κ1) is 18.4. The van der Waals surface area contributed by atoms with Gasteiger partial charge in [-0.05, 0) is 12.5 Å². The van der Waals surface area contributed by atoms with Gasteiger partial charge in [-0.1, -0.05) is 18.2 Å². The Kier molecular flexibility index (Phi) is 6.14. The highest BCUT2D eigenvalue weighted by atomic mass is 16.5. The van der Waals surface area contributed by atoms with Gasteiger partial charge in [-0.2, -0.15) is 0 Å². The van der Waals surface area contributed by atoms with Crippen molar-refractivity contribution in [2.24, 2.45) is 0 Å². The molecule has 0 spiro atoms. The molecule has 0 atom stereocenters. The number of ether oxygens (including phenoxy) is 1. The van der Waals surface area contributed by atoms with Crippen LogP contribution < -0.4 is 9.64 Å². The molecule has 1 saturated heterocycles. The second-order valence-corrected chi connectivity index (χ2v) is 6.94. The Morgan fingerprint density at radius 3 is 2.64 bits per heavy atom. The fourth-order valence-electron chi connectivity index (χ4n) is 3.45. The van der Waals surface area contributed by atoms with Gasteiger partial charge < -0.3 is 14.2 Å². The molecule has 0 N–H and O–H groups in total. The molecule has 1 aromatic carbocycles. The van der Waals surface area contributed by atoms with Crippen LogP contribution in [0.15, 0.2) is 61.6 Å². The first-order valence-electron chi connectivity index (χ1n) is 9.78. The van der Waals surface area contributed by atoms with Crippen molar-refractivity contribution >= 4 is 5.82 Å². The van der Waals surface area contributed by atoms with Crippen LogP contribution in [0, 0.1) is 0 Å². The van der Waals surface area contributed by atoms with Crippen LogP contribution in [0.5, 0.6) is 5.75 Å². The molecular formula is C21H26N6O. The molecule has 2 aromatic heterocycles. The van der Waals surface area contributed by atoms with Gasteiger partial charge in [-0.15, -0.1) is 0 Å². The number of aryl methyl sites for hydroxylation is 1. The summed E-state index contributed by atoms with van der Waals surface area (Å²) in [6.07, 6.45) is 11.9. The largest absolute Gasteiger partial charge is 0.493 e. The van der Waals surface area contributed by atoms with E-state index < -0.39 is 0 Å². The molecule has 0 bridgehead atoms. The molecule has 146 valence electrons. The molecule has 0 aliphatic carbocycles. The van der Waals surface area contributed by atoms with E-state index in [-0.39, 0.29) is 0 Å². The minimum absolute atomic E-state index is 0.704. The first-order valence-corrected chi connectivity index (χ1v) is 9.78. The number of aromatic nitrogens is 4. The van der Waals surface area contributed by atoms with Crippen LogP contribution in [0.1, 0.15) is 12.0 Å². The van der Waals surface area contributed by atoms with Gasteiger partial charge >= 0.3 is 0 Å². The van der Waals surface area contributed by atoms with Crippen molar-refractivity contribution < 1.29 is 4.74 Å². The van der Waals surface area contributed by atoms with Crippen LogP contribution in [0.2, 0.25) is 0 Å². The maximum Gasteiger partial charge on any atom is 0.147 e. The number of piperazine rings is 1. The summed E-state index contributed by atoms with van der Waals surface area (Å²) in [6.45, 7) is 6.48. The van der Waals surface area contributed by atoms with E-state index >= 15 is 0 Å². The highest BCUT2D eigenvalue weighted by Gasteiger charge is 2.19. The molecule has 0 radical (unpaired) electrons. The van der Waals surface area contributed by atoms with E-state index in [9.17, 15) is 0 Å². The van der Waals surface area contributed by atoms with Gasteiger partial charge in [0.25, 0.3) is 0 Å². The van der Waals surface area contributed by atoms with Crippen molar-refractivity contribution in [3.8, 4) is 5.75 Å². The van der Waals surface area contributed by atoms with Gasteiger partial charge in [0.15, 0.2) is 0 Å². The Bertz CT molecular complexity index is 831. The zero-order valence-corrected chi connectivity index (χ0v) is 16.0. The standard InChI is InChI=1S/C21H26N6O/c1-2-5-20(28-15-3-9-26-10-8-23-18-26)19(4-1)17-25-11-13-27(14-12-25)21-16-22-6-7-24-21/h1-2,4-8,10,16,18H,3,9,11-15,17H2. The van der Waals surface area contributed by atoms with Gasteiger partial charge in [0, 0.05) is 69.6 Å². The topological polar surface area (TPSA) is 59.3 Å².